The van der Waals surface area contributed by atoms with Gasteiger partial charge in [-0.3, -0.25) is 4.79 Å². The van der Waals surface area contributed by atoms with Gasteiger partial charge in [0.25, 0.3) is 0 Å². The number of aryl methyl sites for hydroxylation is 1. The largest absolute Gasteiger partial charge is 0.441 e. The van der Waals surface area contributed by atoms with Gasteiger partial charge in [0.15, 0.2) is 11.5 Å². The molecular formula is C21H23N3O2. The van der Waals surface area contributed by atoms with Crippen molar-refractivity contribution in [3.63, 3.8) is 0 Å². The molecule has 0 aliphatic carbocycles. The van der Waals surface area contributed by atoms with Crippen LogP contribution in [0.2, 0.25) is 0 Å². The summed E-state index contributed by atoms with van der Waals surface area (Å²) < 4.78 is 5.53. The van der Waals surface area contributed by atoms with E-state index in [1.54, 1.807) is 0 Å². The Morgan fingerprint density at radius 3 is 2.65 bits per heavy atom. The molecule has 1 amide bonds. The number of hydrogen-bond acceptors (Lipinski definition) is 4. The first-order chi connectivity index (χ1) is 12.7. The zero-order chi connectivity index (χ0) is 17.9. The van der Waals surface area contributed by atoms with Gasteiger partial charge in [-0.1, -0.05) is 6.07 Å². The number of carbonyl (C=O) groups is 1. The highest BCUT2D eigenvalue weighted by molar-refractivity contribution is 5.93. The van der Waals surface area contributed by atoms with Crippen LogP contribution in [0.3, 0.4) is 0 Å². The van der Waals surface area contributed by atoms with Gasteiger partial charge in [0.1, 0.15) is 5.52 Å². The minimum Gasteiger partial charge on any atom is -0.441 e. The molecule has 134 valence electrons. The van der Waals surface area contributed by atoms with Gasteiger partial charge in [0.05, 0.1) is 6.42 Å². The Morgan fingerprint density at radius 1 is 1.12 bits per heavy atom. The van der Waals surface area contributed by atoms with Crippen molar-refractivity contribution in [1.82, 2.24) is 4.98 Å². The number of piperidine rings is 1. The Labute approximate surface area is 153 Å². The summed E-state index contributed by atoms with van der Waals surface area (Å²) in [5.41, 5.74) is 4.51. The van der Waals surface area contributed by atoms with E-state index in [0.717, 1.165) is 35.4 Å². The monoisotopic (exact) mass is 349 g/mol. The second-order valence-corrected chi connectivity index (χ2v) is 6.85. The molecule has 2 heterocycles. The highest BCUT2D eigenvalue weighted by Crippen LogP contribution is 2.22. The molecule has 0 spiro atoms. The Kier molecular flexibility index (Phi) is 4.61. The standard InChI is InChI=1S/C21H23N3O2/c1-15-22-19-10-5-16(13-20(19)26-15)14-21(25)23-17-6-8-18(9-7-17)24-11-3-2-4-12-24/h5-10,13H,2-4,11-12,14H2,1H3,(H,23,25). The van der Waals surface area contributed by atoms with Crippen molar-refractivity contribution in [2.24, 2.45) is 0 Å². The third-order valence-electron chi connectivity index (χ3n) is 4.80. The van der Waals surface area contributed by atoms with E-state index in [2.05, 4.69) is 27.3 Å². The maximum Gasteiger partial charge on any atom is 0.228 e. The zero-order valence-electron chi connectivity index (χ0n) is 15.0. The number of nitrogens with one attached hydrogen (secondary N) is 1. The molecule has 0 saturated carbocycles. The number of carbonyl (C=O) groups excluding carboxylic acids is 1. The van der Waals surface area contributed by atoms with Crippen LogP contribution in [-0.2, 0) is 11.2 Å². The minimum absolute atomic E-state index is 0.0358. The number of rotatable bonds is 4. The number of hydrogen-bond donors (Lipinski definition) is 1. The fourth-order valence-electron chi connectivity index (χ4n) is 3.49. The van der Waals surface area contributed by atoms with E-state index in [0.29, 0.717) is 12.3 Å². The number of benzene rings is 2. The Bertz CT molecular complexity index is 909. The van der Waals surface area contributed by atoms with Gasteiger partial charge in [0.2, 0.25) is 5.91 Å². The van der Waals surface area contributed by atoms with Gasteiger partial charge < -0.3 is 14.6 Å². The summed E-state index contributed by atoms with van der Waals surface area (Å²) >= 11 is 0. The first-order valence-corrected chi connectivity index (χ1v) is 9.18. The van der Waals surface area contributed by atoms with Crippen LogP contribution in [0, 0.1) is 6.92 Å². The van der Waals surface area contributed by atoms with Gasteiger partial charge in [-0.15, -0.1) is 0 Å². The van der Waals surface area contributed by atoms with E-state index < -0.39 is 0 Å². The van der Waals surface area contributed by atoms with Crippen LogP contribution in [0.5, 0.6) is 0 Å². The van der Waals surface area contributed by atoms with Crippen LogP contribution in [0.25, 0.3) is 11.1 Å². The lowest BCUT2D eigenvalue weighted by atomic mass is 10.1. The Balaban J connectivity index is 1.38. The van der Waals surface area contributed by atoms with Crippen molar-refractivity contribution in [3.05, 3.63) is 53.9 Å². The highest BCUT2D eigenvalue weighted by atomic mass is 16.3. The van der Waals surface area contributed by atoms with Gasteiger partial charge in [-0.2, -0.15) is 0 Å². The first kappa shape index (κ1) is 16.6. The second kappa shape index (κ2) is 7.20. The first-order valence-electron chi connectivity index (χ1n) is 9.18. The predicted molar refractivity (Wildman–Crippen MR) is 104 cm³/mol. The third-order valence-corrected chi connectivity index (χ3v) is 4.80. The Hall–Kier alpha value is -2.82. The summed E-state index contributed by atoms with van der Waals surface area (Å²) in [5, 5.41) is 2.97. The summed E-state index contributed by atoms with van der Waals surface area (Å²) in [6, 6.07) is 13.8. The molecule has 5 nitrogen and oxygen atoms in total. The lowest BCUT2D eigenvalue weighted by molar-refractivity contribution is -0.115. The zero-order valence-corrected chi connectivity index (χ0v) is 15.0. The van der Waals surface area contributed by atoms with E-state index in [4.69, 9.17) is 4.42 Å². The molecule has 4 rings (SSSR count). The number of amides is 1. The summed E-state index contributed by atoms with van der Waals surface area (Å²) in [4.78, 5) is 19.0. The normalized spacial score (nSPS) is 14.6. The molecular weight excluding hydrogens is 326 g/mol. The smallest absolute Gasteiger partial charge is 0.228 e. The molecule has 26 heavy (non-hydrogen) atoms. The number of nitrogens with zero attached hydrogens (tertiary/aromatic N) is 2. The van der Waals surface area contributed by atoms with Crippen molar-refractivity contribution in [1.29, 1.82) is 0 Å². The van der Waals surface area contributed by atoms with Crippen molar-refractivity contribution < 1.29 is 9.21 Å². The average Bonchev–Trinajstić information content (AvgIpc) is 3.02. The van der Waals surface area contributed by atoms with Crippen molar-refractivity contribution in [2.75, 3.05) is 23.3 Å². The van der Waals surface area contributed by atoms with Crippen molar-refractivity contribution in [2.45, 2.75) is 32.6 Å². The van der Waals surface area contributed by atoms with Crippen LogP contribution in [0.1, 0.15) is 30.7 Å². The van der Waals surface area contributed by atoms with E-state index in [-0.39, 0.29) is 5.91 Å². The minimum atomic E-state index is -0.0358. The van der Waals surface area contributed by atoms with Crippen LogP contribution < -0.4 is 10.2 Å². The van der Waals surface area contributed by atoms with Crippen LogP contribution in [0.15, 0.2) is 46.9 Å². The summed E-state index contributed by atoms with van der Waals surface area (Å²) in [5.74, 6) is 0.599. The molecule has 1 aromatic heterocycles. The topological polar surface area (TPSA) is 58.4 Å². The molecule has 0 radical (unpaired) electrons. The molecule has 1 fully saturated rings. The average molecular weight is 349 g/mol. The van der Waals surface area contributed by atoms with E-state index in [1.165, 1.54) is 24.9 Å². The van der Waals surface area contributed by atoms with Gasteiger partial charge in [-0.05, 0) is 61.2 Å². The van der Waals surface area contributed by atoms with Crippen LogP contribution in [-0.4, -0.2) is 24.0 Å². The Morgan fingerprint density at radius 2 is 1.88 bits per heavy atom. The predicted octanol–water partition coefficient (Wildman–Crippen LogP) is 4.31. The molecule has 1 N–H and O–H groups in total. The van der Waals surface area contributed by atoms with Crippen LogP contribution >= 0.6 is 0 Å². The van der Waals surface area contributed by atoms with Gasteiger partial charge in [0, 0.05) is 31.4 Å². The SMILES string of the molecule is Cc1nc2ccc(CC(=O)Nc3ccc(N4CCCCC4)cc3)cc2o1. The van der Waals surface area contributed by atoms with E-state index in [1.807, 2.05) is 37.3 Å². The lowest BCUT2D eigenvalue weighted by Gasteiger charge is -2.28. The number of fused-ring (bicyclic) bond motifs is 1. The third kappa shape index (κ3) is 3.72. The highest BCUT2D eigenvalue weighted by Gasteiger charge is 2.11. The molecule has 5 heteroatoms. The van der Waals surface area contributed by atoms with E-state index >= 15 is 0 Å². The lowest BCUT2D eigenvalue weighted by Crippen LogP contribution is -2.29. The van der Waals surface area contributed by atoms with Crippen LogP contribution in [0.4, 0.5) is 11.4 Å². The summed E-state index contributed by atoms with van der Waals surface area (Å²) in [6.45, 7) is 4.06. The van der Waals surface area contributed by atoms with Gasteiger partial charge >= 0.3 is 0 Å². The maximum atomic E-state index is 12.3. The van der Waals surface area contributed by atoms with Crippen molar-refractivity contribution >= 4 is 28.4 Å². The quantitative estimate of drug-likeness (QED) is 0.762. The van der Waals surface area contributed by atoms with Gasteiger partial charge in [-0.25, -0.2) is 4.98 Å². The number of oxazole rings is 1. The van der Waals surface area contributed by atoms with Crippen molar-refractivity contribution in [3.8, 4) is 0 Å². The molecule has 3 aromatic rings. The second-order valence-electron chi connectivity index (χ2n) is 6.85. The number of aromatic nitrogens is 1. The molecule has 1 saturated heterocycles. The molecule has 1 aliphatic rings. The molecule has 0 unspecified atom stereocenters. The summed E-state index contributed by atoms with van der Waals surface area (Å²) in [6.07, 6.45) is 4.15. The summed E-state index contributed by atoms with van der Waals surface area (Å²) in [7, 11) is 0. The molecule has 0 atom stereocenters. The molecule has 0 bridgehead atoms. The fraction of sp³-hybridized carbons (Fsp3) is 0.333. The molecule has 1 aliphatic heterocycles. The maximum absolute atomic E-state index is 12.3. The number of anilines is 2. The van der Waals surface area contributed by atoms with E-state index in [9.17, 15) is 4.79 Å². The molecule has 2 aromatic carbocycles. The fourth-order valence-corrected chi connectivity index (χ4v) is 3.49.